The number of nitriles is 1. The molecule has 33 heavy (non-hydrogen) atoms. The molecule has 0 amide bonds. The van der Waals surface area contributed by atoms with Crippen LogP contribution in [0.5, 0.6) is 0 Å². The van der Waals surface area contributed by atoms with Gasteiger partial charge in [-0.15, -0.1) is 0 Å². The Morgan fingerprint density at radius 2 is 1.61 bits per heavy atom. The van der Waals surface area contributed by atoms with E-state index in [1.165, 1.54) is 44.9 Å². The average Bonchev–Trinajstić information content (AvgIpc) is 2.80. The molecule has 1 unspecified atom stereocenters. The lowest BCUT2D eigenvalue weighted by Gasteiger charge is -2.24. The lowest BCUT2D eigenvalue weighted by Crippen LogP contribution is -2.20. The van der Waals surface area contributed by atoms with Crippen molar-refractivity contribution in [2.24, 2.45) is 0 Å². The van der Waals surface area contributed by atoms with Crippen LogP contribution in [-0.2, 0) is 4.57 Å². The summed E-state index contributed by atoms with van der Waals surface area (Å²) in [6, 6.07) is 7.42. The maximum atomic E-state index is 12.9. The highest BCUT2D eigenvalue weighted by Crippen LogP contribution is 2.56. The van der Waals surface area contributed by atoms with Crippen LogP contribution >= 0.6 is 18.0 Å². The molecule has 7 heteroatoms. The van der Waals surface area contributed by atoms with Crippen LogP contribution in [-0.4, -0.2) is 36.8 Å². The Balaban J connectivity index is 2.00. The summed E-state index contributed by atoms with van der Waals surface area (Å²) < 4.78 is 14.7. The van der Waals surface area contributed by atoms with Gasteiger partial charge in [0, 0.05) is 24.3 Å². The van der Waals surface area contributed by atoms with E-state index >= 15 is 0 Å². The maximum Gasteiger partial charge on any atom is 0.268 e. The first-order valence-electron chi connectivity index (χ1n) is 12.6. The molecule has 1 atom stereocenters. The van der Waals surface area contributed by atoms with Gasteiger partial charge in [-0.05, 0) is 64.0 Å². The number of ketones is 1. The van der Waals surface area contributed by atoms with Crippen LogP contribution in [0.25, 0.3) is 0 Å². The van der Waals surface area contributed by atoms with E-state index in [4.69, 9.17) is 5.26 Å². The van der Waals surface area contributed by atoms with Gasteiger partial charge in [0.05, 0.1) is 11.6 Å². The second-order valence-electron chi connectivity index (χ2n) is 8.96. The van der Waals surface area contributed by atoms with Crippen molar-refractivity contribution >= 4 is 23.8 Å². The molecular weight excluding hydrogens is 449 g/mol. The zero-order valence-electron chi connectivity index (χ0n) is 21.2. The molecule has 0 radical (unpaired) electrons. The van der Waals surface area contributed by atoms with Crippen molar-refractivity contribution in [3.8, 4) is 6.07 Å². The third-order valence-corrected chi connectivity index (χ3v) is 11.4. The topological polar surface area (TPSA) is 73.2 Å². The average molecular weight is 494 g/mol. The summed E-state index contributed by atoms with van der Waals surface area (Å²) in [4.78, 5) is 12.4. The Bertz CT molecular complexity index is 792. The second-order valence-corrected chi connectivity index (χ2v) is 14.0. The van der Waals surface area contributed by atoms with Crippen LogP contribution in [0.4, 0.5) is 0 Å². The lowest BCUT2D eigenvalue weighted by molar-refractivity contribution is 0.0978. The molecule has 0 saturated carbocycles. The summed E-state index contributed by atoms with van der Waals surface area (Å²) in [5.41, 5.74) is 2.27. The number of aryl methyl sites for hydroxylation is 1. The minimum atomic E-state index is -2.45. The quantitative estimate of drug-likeness (QED) is 0.121. The van der Waals surface area contributed by atoms with Crippen molar-refractivity contribution < 1.29 is 9.36 Å². The Morgan fingerprint density at radius 1 is 1.03 bits per heavy atom. The molecule has 0 aromatic heterocycles. The van der Waals surface area contributed by atoms with Gasteiger partial charge in [-0.3, -0.25) is 9.36 Å². The molecule has 1 aromatic rings. The van der Waals surface area contributed by atoms with Crippen LogP contribution in [0.15, 0.2) is 18.2 Å². The van der Waals surface area contributed by atoms with Crippen molar-refractivity contribution in [3.05, 3.63) is 34.9 Å². The van der Waals surface area contributed by atoms with E-state index < -0.39 is 6.65 Å². The van der Waals surface area contributed by atoms with Gasteiger partial charge in [0.15, 0.2) is 5.78 Å². The predicted octanol–water partition coefficient (Wildman–Crippen LogP) is 7.74. The smallest absolute Gasteiger partial charge is 0.268 e. The number of unbranched alkanes of at least 4 members (excludes halogenated alkanes) is 9. The summed E-state index contributed by atoms with van der Waals surface area (Å²) in [6.45, 7) is 2.40. The van der Waals surface area contributed by atoms with Gasteiger partial charge in [-0.2, -0.15) is 5.26 Å². The molecule has 0 aliphatic rings. The molecule has 0 fully saturated rings. The zero-order valence-corrected chi connectivity index (χ0v) is 22.9. The van der Waals surface area contributed by atoms with Gasteiger partial charge in [-0.1, -0.05) is 69.7 Å². The first kappa shape index (κ1) is 29.9. The number of rotatable bonds is 19. The summed E-state index contributed by atoms with van der Waals surface area (Å²) in [5.74, 6) is 1.12. The normalized spacial score (nSPS) is 13.1. The van der Waals surface area contributed by atoms with E-state index in [1.54, 1.807) is 29.6 Å². The number of benzene rings is 1. The standard InChI is InChI=1S/C26H44N3O2PS/c1-5-20-33-32(31,29(3)4)28-19-15-13-11-9-7-6-8-10-12-14-16-26(30)25-18-17-24(22-27)21-23(25)2/h17-18,21H,5-16,19-20H2,1-4H3,(H,28,31). The number of carbonyl (C=O) groups is 1. The van der Waals surface area contributed by atoms with Gasteiger partial charge in [-0.25, -0.2) is 9.76 Å². The van der Waals surface area contributed by atoms with Crippen molar-refractivity contribution in [1.82, 2.24) is 9.76 Å². The highest BCUT2D eigenvalue weighted by Gasteiger charge is 2.24. The predicted molar refractivity (Wildman–Crippen MR) is 143 cm³/mol. The Morgan fingerprint density at radius 3 is 2.12 bits per heavy atom. The third kappa shape index (κ3) is 12.2. The number of hydrogen-bond donors (Lipinski definition) is 1. The van der Waals surface area contributed by atoms with Crippen LogP contribution in [0.3, 0.4) is 0 Å². The summed E-state index contributed by atoms with van der Waals surface area (Å²) in [6.07, 6.45) is 13.5. The van der Waals surface area contributed by atoms with Gasteiger partial charge in [0.2, 0.25) is 0 Å². The number of nitrogens with one attached hydrogen (secondary N) is 1. The minimum absolute atomic E-state index is 0.192. The number of carbonyl (C=O) groups excluding carboxylic acids is 1. The molecule has 1 N–H and O–H groups in total. The van der Waals surface area contributed by atoms with Gasteiger partial charge in [0.1, 0.15) is 0 Å². The number of hydrogen-bond acceptors (Lipinski definition) is 4. The van der Waals surface area contributed by atoms with Crippen molar-refractivity contribution in [2.75, 3.05) is 26.4 Å². The van der Waals surface area contributed by atoms with Crippen molar-refractivity contribution in [3.63, 3.8) is 0 Å². The van der Waals surface area contributed by atoms with Crippen molar-refractivity contribution in [2.45, 2.75) is 90.9 Å². The molecule has 186 valence electrons. The minimum Gasteiger partial charge on any atom is -0.294 e. The second kappa shape index (κ2) is 17.3. The van der Waals surface area contributed by atoms with E-state index in [2.05, 4.69) is 18.1 Å². The van der Waals surface area contributed by atoms with Crippen LogP contribution < -0.4 is 5.09 Å². The first-order chi connectivity index (χ1) is 15.8. The Kier molecular flexibility index (Phi) is 15.7. The first-order valence-corrected chi connectivity index (χ1v) is 15.8. The molecule has 0 bridgehead atoms. The van der Waals surface area contributed by atoms with Crippen LogP contribution in [0.2, 0.25) is 0 Å². The highest BCUT2D eigenvalue weighted by molar-refractivity contribution is 8.56. The molecule has 5 nitrogen and oxygen atoms in total. The summed E-state index contributed by atoms with van der Waals surface area (Å²) in [5, 5.41) is 12.2. The zero-order chi connectivity index (χ0) is 24.5. The molecule has 1 rings (SSSR count). The van der Waals surface area contributed by atoms with Crippen LogP contribution in [0.1, 0.15) is 105 Å². The Labute approximate surface area is 206 Å². The lowest BCUT2D eigenvalue weighted by atomic mass is 9.98. The highest BCUT2D eigenvalue weighted by atomic mass is 32.7. The van der Waals surface area contributed by atoms with Gasteiger partial charge >= 0.3 is 0 Å². The van der Waals surface area contributed by atoms with Gasteiger partial charge in [0.25, 0.3) is 6.65 Å². The summed E-state index contributed by atoms with van der Waals surface area (Å²) >= 11 is 1.56. The molecule has 0 aliphatic heterocycles. The fourth-order valence-corrected chi connectivity index (χ4v) is 7.75. The summed E-state index contributed by atoms with van der Waals surface area (Å²) in [7, 11) is 3.79. The van der Waals surface area contributed by atoms with Crippen molar-refractivity contribution in [1.29, 1.82) is 5.26 Å². The van der Waals surface area contributed by atoms with E-state index in [0.717, 1.165) is 49.1 Å². The molecule has 0 saturated heterocycles. The maximum absolute atomic E-state index is 12.9. The molecule has 0 spiro atoms. The monoisotopic (exact) mass is 493 g/mol. The SMILES string of the molecule is CCCSP(=O)(NCCCCCCCCCCCCC(=O)c1ccc(C#N)cc1C)N(C)C. The van der Waals surface area contributed by atoms with Gasteiger partial charge < -0.3 is 0 Å². The van der Waals surface area contributed by atoms with Crippen LogP contribution in [0, 0.1) is 18.3 Å². The molecule has 1 aromatic carbocycles. The third-order valence-electron chi connectivity index (χ3n) is 5.80. The number of nitrogens with zero attached hydrogens (tertiary/aromatic N) is 2. The fraction of sp³-hybridized carbons (Fsp3) is 0.692. The van der Waals surface area contributed by atoms with E-state index in [9.17, 15) is 9.36 Å². The van der Waals surface area contributed by atoms with E-state index in [0.29, 0.717) is 12.0 Å². The molecule has 0 aliphatic carbocycles. The number of Topliss-reactive ketones (excluding diaryl/α,β-unsaturated/α-hetero) is 1. The molecule has 0 heterocycles. The van der Waals surface area contributed by atoms with E-state index in [1.807, 2.05) is 25.7 Å². The van der Waals surface area contributed by atoms with E-state index in [-0.39, 0.29) is 5.78 Å². The Hall–Kier alpha value is -1.12. The fourth-order valence-electron chi connectivity index (χ4n) is 3.74. The molecular formula is C26H44N3O2PS. The largest absolute Gasteiger partial charge is 0.294 e.